The molecule has 3 nitrogen and oxygen atoms in total. The smallest absolute Gasteiger partial charge is 0.203 e. The molecule has 1 saturated carbocycles. The van der Waals surface area contributed by atoms with Crippen LogP contribution in [0.1, 0.15) is 43.5 Å². The highest BCUT2D eigenvalue weighted by atomic mass is 15.2. The summed E-state index contributed by atoms with van der Waals surface area (Å²) >= 11 is 0. The minimum atomic E-state index is 0.439. The molecule has 1 aliphatic rings. The molecule has 20 heavy (non-hydrogen) atoms. The molecule has 0 bridgehead atoms. The van der Waals surface area contributed by atoms with Crippen molar-refractivity contribution in [1.82, 2.24) is 9.55 Å². The van der Waals surface area contributed by atoms with Gasteiger partial charge in [0.1, 0.15) is 0 Å². The number of hydrogen-bond donors (Lipinski definition) is 1. The van der Waals surface area contributed by atoms with Crippen LogP contribution in [0.25, 0.3) is 0 Å². The van der Waals surface area contributed by atoms with E-state index in [1.165, 1.54) is 18.4 Å². The topological polar surface area (TPSA) is 29.9 Å². The second-order valence-electron chi connectivity index (χ2n) is 5.91. The van der Waals surface area contributed by atoms with Crippen LogP contribution in [0.4, 0.5) is 5.95 Å². The molecule has 0 saturated heterocycles. The standard InChI is InChI=1S/C17H23N3/c1-13(8-9-15-6-4-3-5-7-15)18-17-19-14(2)12-20(17)16-10-11-16/h3-7,12-13,16H,8-11H2,1-2H3,(H,18,19). The number of aryl methyl sites for hydroxylation is 2. The second-order valence-corrected chi connectivity index (χ2v) is 5.91. The molecule has 0 amide bonds. The Morgan fingerprint density at radius 2 is 2.05 bits per heavy atom. The first-order chi connectivity index (χ1) is 9.72. The van der Waals surface area contributed by atoms with Gasteiger partial charge >= 0.3 is 0 Å². The first kappa shape index (κ1) is 13.2. The van der Waals surface area contributed by atoms with Gasteiger partial charge in [0.2, 0.25) is 5.95 Å². The van der Waals surface area contributed by atoms with E-state index in [1.54, 1.807) is 0 Å². The van der Waals surface area contributed by atoms with E-state index >= 15 is 0 Å². The maximum Gasteiger partial charge on any atom is 0.203 e. The Kier molecular flexibility index (Phi) is 3.77. The summed E-state index contributed by atoms with van der Waals surface area (Å²) in [6.07, 6.45) is 6.99. The van der Waals surface area contributed by atoms with Crippen molar-refractivity contribution in [3.8, 4) is 0 Å². The highest BCUT2D eigenvalue weighted by Crippen LogP contribution is 2.37. The number of nitrogens with zero attached hydrogens (tertiary/aromatic N) is 2. The van der Waals surface area contributed by atoms with E-state index in [1.807, 2.05) is 0 Å². The fourth-order valence-corrected chi connectivity index (χ4v) is 2.57. The third-order valence-electron chi connectivity index (χ3n) is 3.88. The summed E-state index contributed by atoms with van der Waals surface area (Å²) in [5.41, 5.74) is 2.51. The molecule has 3 heteroatoms. The summed E-state index contributed by atoms with van der Waals surface area (Å²) in [6.45, 7) is 4.31. The first-order valence-corrected chi connectivity index (χ1v) is 7.58. The van der Waals surface area contributed by atoms with Crippen molar-refractivity contribution in [2.75, 3.05) is 5.32 Å². The lowest BCUT2D eigenvalue weighted by Gasteiger charge is -2.15. The lowest BCUT2D eigenvalue weighted by Crippen LogP contribution is -2.19. The summed E-state index contributed by atoms with van der Waals surface area (Å²) in [5, 5.41) is 3.57. The molecule has 0 spiro atoms. The molecule has 0 radical (unpaired) electrons. The zero-order valence-corrected chi connectivity index (χ0v) is 12.3. The molecule has 1 heterocycles. The summed E-state index contributed by atoms with van der Waals surface area (Å²) in [6, 6.07) is 11.8. The minimum absolute atomic E-state index is 0.439. The van der Waals surface area contributed by atoms with Gasteiger partial charge in [-0.2, -0.15) is 0 Å². The Morgan fingerprint density at radius 1 is 1.30 bits per heavy atom. The van der Waals surface area contributed by atoms with Gasteiger partial charge in [-0.3, -0.25) is 0 Å². The van der Waals surface area contributed by atoms with Gasteiger partial charge in [-0.05, 0) is 45.1 Å². The Labute approximate surface area is 121 Å². The molecule has 1 fully saturated rings. The predicted octanol–water partition coefficient (Wildman–Crippen LogP) is 3.96. The maximum atomic E-state index is 4.62. The van der Waals surface area contributed by atoms with Gasteiger partial charge in [0, 0.05) is 18.3 Å². The SMILES string of the molecule is Cc1cn(C2CC2)c(NC(C)CCc2ccccc2)n1. The van der Waals surface area contributed by atoms with E-state index in [0.717, 1.165) is 24.5 Å². The van der Waals surface area contributed by atoms with Gasteiger partial charge in [-0.1, -0.05) is 30.3 Å². The molecule has 106 valence electrons. The Morgan fingerprint density at radius 3 is 2.75 bits per heavy atom. The zero-order valence-electron chi connectivity index (χ0n) is 12.3. The summed E-state index contributed by atoms with van der Waals surface area (Å²) < 4.78 is 2.31. The molecular formula is C17H23N3. The molecule has 1 aliphatic carbocycles. The zero-order chi connectivity index (χ0) is 13.9. The van der Waals surface area contributed by atoms with Crippen LogP contribution in [0.3, 0.4) is 0 Å². The average molecular weight is 269 g/mol. The van der Waals surface area contributed by atoms with Crippen molar-refractivity contribution < 1.29 is 0 Å². The molecule has 1 atom stereocenters. The molecule has 1 aromatic carbocycles. The molecule has 1 aromatic heterocycles. The number of nitrogens with one attached hydrogen (secondary N) is 1. The van der Waals surface area contributed by atoms with Gasteiger partial charge < -0.3 is 9.88 Å². The van der Waals surface area contributed by atoms with Crippen molar-refractivity contribution in [2.24, 2.45) is 0 Å². The van der Waals surface area contributed by atoms with Gasteiger partial charge in [-0.25, -0.2) is 4.98 Å². The van der Waals surface area contributed by atoms with E-state index in [9.17, 15) is 0 Å². The number of hydrogen-bond acceptors (Lipinski definition) is 2. The molecular weight excluding hydrogens is 246 g/mol. The summed E-state index contributed by atoms with van der Waals surface area (Å²) in [4.78, 5) is 4.62. The largest absolute Gasteiger partial charge is 0.353 e. The Hall–Kier alpha value is -1.77. The van der Waals surface area contributed by atoms with Crippen LogP contribution in [0.15, 0.2) is 36.5 Å². The number of rotatable bonds is 6. The highest BCUT2D eigenvalue weighted by Gasteiger charge is 2.26. The minimum Gasteiger partial charge on any atom is -0.353 e. The van der Waals surface area contributed by atoms with Crippen LogP contribution >= 0.6 is 0 Å². The van der Waals surface area contributed by atoms with E-state index in [4.69, 9.17) is 0 Å². The van der Waals surface area contributed by atoms with Crippen LogP contribution < -0.4 is 5.32 Å². The predicted molar refractivity (Wildman–Crippen MR) is 83.1 cm³/mol. The highest BCUT2D eigenvalue weighted by molar-refractivity contribution is 5.32. The average Bonchev–Trinajstić information content (AvgIpc) is 3.22. The summed E-state index contributed by atoms with van der Waals surface area (Å²) in [7, 11) is 0. The number of aromatic nitrogens is 2. The van der Waals surface area contributed by atoms with Crippen molar-refractivity contribution in [1.29, 1.82) is 0 Å². The Bertz CT molecular complexity index is 555. The van der Waals surface area contributed by atoms with E-state index in [2.05, 4.69) is 65.2 Å². The van der Waals surface area contributed by atoms with Crippen molar-refractivity contribution in [3.63, 3.8) is 0 Å². The van der Waals surface area contributed by atoms with Crippen molar-refractivity contribution in [3.05, 3.63) is 47.8 Å². The number of anilines is 1. The van der Waals surface area contributed by atoms with E-state index < -0.39 is 0 Å². The normalized spacial score (nSPS) is 16.1. The lowest BCUT2D eigenvalue weighted by atomic mass is 10.1. The lowest BCUT2D eigenvalue weighted by molar-refractivity contribution is 0.674. The first-order valence-electron chi connectivity index (χ1n) is 7.58. The van der Waals surface area contributed by atoms with Crippen LogP contribution in [-0.2, 0) is 6.42 Å². The molecule has 3 rings (SSSR count). The summed E-state index contributed by atoms with van der Waals surface area (Å²) in [5.74, 6) is 1.05. The quantitative estimate of drug-likeness (QED) is 0.860. The molecule has 1 N–H and O–H groups in total. The van der Waals surface area contributed by atoms with Crippen LogP contribution in [0.5, 0.6) is 0 Å². The van der Waals surface area contributed by atoms with Gasteiger partial charge in [0.05, 0.1) is 5.69 Å². The third-order valence-corrected chi connectivity index (χ3v) is 3.88. The maximum absolute atomic E-state index is 4.62. The Balaban J connectivity index is 1.57. The van der Waals surface area contributed by atoms with E-state index in [0.29, 0.717) is 12.1 Å². The fourth-order valence-electron chi connectivity index (χ4n) is 2.57. The number of benzene rings is 1. The van der Waals surface area contributed by atoms with Crippen LogP contribution in [-0.4, -0.2) is 15.6 Å². The van der Waals surface area contributed by atoms with Gasteiger partial charge in [-0.15, -0.1) is 0 Å². The van der Waals surface area contributed by atoms with Gasteiger partial charge in [0.25, 0.3) is 0 Å². The fraction of sp³-hybridized carbons (Fsp3) is 0.471. The second kappa shape index (κ2) is 5.70. The van der Waals surface area contributed by atoms with E-state index in [-0.39, 0.29) is 0 Å². The van der Waals surface area contributed by atoms with Crippen molar-refractivity contribution in [2.45, 2.75) is 51.6 Å². The monoisotopic (exact) mass is 269 g/mol. The molecule has 1 unspecified atom stereocenters. The van der Waals surface area contributed by atoms with Crippen LogP contribution in [0, 0.1) is 6.92 Å². The molecule has 0 aliphatic heterocycles. The van der Waals surface area contributed by atoms with Crippen molar-refractivity contribution >= 4 is 5.95 Å². The molecule has 2 aromatic rings. The van der Waals surface area contributed by atoms with Crippen LogP contribution in [0.2, 0.25) is 0 Å². The third kappa shape index (κ3) is 3.21. The number of imidazole rings is 1. The van der Waals surface area contributed by atoms with Gasteiger partial charge in [0.15, 0.2) is 0 Å².